The number of nitrogens with one attached hydrogen (secondary N) is 1. The molecule has 0 saturated carbocycles. The molecule has 0 aromatic rings. The average Bonchev–Trinajstić information content (AvgIpc) is 2.14. The SMILES string of the molecule is CC(C)(C)NS(=O)(=O)N1CCCC(C(=O)O)C1. The van der Waals surface area contributed by atoms with E-state index >= 15 is 0 Å². The molecule has 1 aliphatic rings. The zero-order valence-electron chi connectivity index (χ0n) is 10.4. The standard InChI is InChI=1S/C10H20N2O4S/c1-10(2,3)11-17(15,16)12-6-4-5-8(7-12)9(13)14/h8,11H,4-7H2,1-3H3,(H,13,14). The van der Waals surface area contributed by atoms with Crippen molar-refractivity contribution >= 4 is 16.2 Å². The third-order valence-electron chi connectivity index (χ3n) is 2.51. The largest absolute Gasteiger partial charge is 0.481 e. The Morgan fingerprint density at radius 2 is 2.00 bits per heavy atom. The minimum atomic E-state index is -3.59. The molecule has 1 rings (SSSR count). The topological polar surface area (TPSA) is 86.7 Å². The van der Waals surface area contributed by atoms with E-state index in [0.717, 1.165) is 0 Å². The van der Waals surface area contributed by atoms with Crippen molar-refractivity contribution in [2.45, 2.75) is 39.2 Å². The lowest BCUT2D eigenvalue weighted by molar-refractivity contribution is -0.142. The van der Waals surface area contributed by atoms with Crippen LogP contribution in [-0.4, -0.2) is 42.4 Å². The minimum absolute atomic E-state index is 0.0563. The van der Waals surface area contributed by atoms with Crippen LogP contribution in [0.2, 0.25) is 0 Å². The van der Waals surface area contributed by atoms with Gasteiger partial charge in [0.25, 0.3) is 10.2 Å². The zero-order valence-corrected chi connectivity index (χ0v) is 11.2. The highest BCUT2D eigenvalue weighted by molar-refractivity contribution is 7.87. The van der Waals surface area contributed by atoms with Crippen molar-refractivity contribution in [1.29, 1.82) is 0 Å². The summed E-state index contributed by atoms with van der Waals surface area (Å²) < 4.78 is 27.7. The first-order chi connectivity index (χ1) is 7.62. The Balaban J connectivity index is 2.75. The molecule has 1 saturated heterocycles. The molecular formula is C10H20N2O4S. The van der Waals surface area contributed by atoms with Crippen LogP contribution in [0.1, 0.15) is 33.6 Å². The molecule has 17 heavy (non-hydrogen) atoms. The molecule has 1 aliphatic heterocycles. The van der Waals surface area contributed by atoms with Gasteiger partial charge in [-0.15, -0.1) is 0 Å². The van der Waals surface area contributed by atoms with E-state index in [-0.39, 0.29) is 6.54 Å². The van der Waals surface area contributed by atoms with Crippen molar-refractivity contribution in [1.82, 2.24) is 9.03 Å². The van der Waals surface area contributed by atoms with Gasteiger partial charge in [0.2, 0.25) is 0 Å². The second-order valence-electron chi connectivity index (χ2n) is 5.39. The van der Waals surface area contributed by atoms with Crippen molar-refractivity contribution in [2.75, 3.05) is 13.1 Å². The van der Waals surface area contributed by atoms with Crippen LogP contribution in [-0.2, 0) is 15.0 Å². The summed E-state index contributed by atoms with van der Waals surface area (Å²) in [7, 11) is -3.59. The highest BCUT2D eigenvalue weighted by Crippen LogP contribution is 2.19. The number of hydrogen-bond donors (Lipinski definition) is 2. The zero-order chi connectivity index (χ0) is 13.3. The molecule has 2 N–H and O–H groups in total. The summed E-state index contributed by atoms with van der Waals surface area (Å²) in [6, 6.07) is 0. The molecule has 1 heterocycles. The highest BCUT2D eigenvalue weighted by atomic mass is 32.2. The fourth-order valence-corrected chi connectivity index (χ4v) is 3.46. The average molecular weight is 264 g/mol. The Kier molecular flexibility index (Phi) is 4.16. The quantitative estimate of drug-likeness (QED) is 0.773. The van der Waals surface area contributed by atoms with E-state index in [0.29, 0.717) is 19.4 Å². The number of carboxylic acids is 1. The van der Waals surface area contributed by atoms with Crippen molar-refractivity contribution in [3.63, 3.8) is 0 Å². The summed E-state index contributed by atoms with van der Waals surface area (Å²) in [4.78, 5) is 10.9. The molecule has 0 radical (unpaired) electrons. The predicted molar refractivity (Wildman–Crippen MR) is 63.7 cm³/mol. The van der Waals surface area contributed by atoms with Crippen LogP contribution in [0.25, 0.3) is 0 Å². The van der Waals surface area contributed by atoms with E-state index in [2.05, 4.69) is 4.72 Å². The number of aliphatic carboxylic acids is 1. The first kappa shape index (κ1) is 14.4. The molecule has 0 bridgehead atoms. The summed E-state index contributed by atoms with van der Waals surface area (Å²) in [6.07, 6.45) is 1.12. The second kappa shape index (κ2) is 4.91. The molecule has 1 fully saturated rings. The van der Waals surface area contributed by atoms with Crippen LogP contribution < -0.4 is 4.72 Å². The summed E-state index contributed by atoms with van der Waals surface area (Å²) in [6.45, 7) is 5.70. The lowest BCUT2D eigenvalue weighted by atomic mass is 10.0. The van der Waals surface area contributed by atoms with Gasteiger partial charge in [-0.1, -0.05) is 0 Å². The Hall–Kier alpha value is -0.660. The fraction of sp³-hybridized carbons (Fsp3) is 0.900. The number of carbonyl (C=O) groups is 1. The molecule has 0 amide bonds. The smallest absolute Gasteiger partial charge is 0.307 e. The molecule has 0 aromatic carbocycles. The second-order valence-corrected chi connectivity index (χ2v) is 7.06. The third-order valence-corrected chi connectivity index (χ3v) is 4.39. The van der Waals surface area contributed by atoms with Crippen LogP contribution in [0.4, 0.5) is 0 Å². The Morgan fingerprint density at radius 1 is 1.41 bits per heavy atom. The van der Waals surface area contributed by atoms with Crippen LogP contribution in [0.3, 0.4) is 0 Å². The van der Waals surface area contributed by atoms with E-state index in [1.807, 2.05) is 0 Å². The summed E-state index contributed by atoms with van der Waals surface area (Å²) in [5.74, 6) is -1.53. The molecule has 0 aliphatic carbocycles. The Bertz CT molecular complexity index is 386. The van der Waals surface area contributed by atoms with Gasteiger partial charge in [-0.25, -0.2) is 0 Å². The first-order valence-corrected chi connectivity index (χ1v) is 7.08. The number of nitrogens with zero attached hydrogens (tertiary/aromatic N) is 1. The van der Waals surface area contributed by atoms with Crippen LogP contribution >= 0.6 is 0 Å². The van der Waals surface area contributed by atoms with Gasteiger partial charge in [-0.3, -0.25) is 4.79 Å². The monoisotopic (exact) mass is 264 g/mol. The molecule has 100 valence electrons. The summed E-state index contributed by atoms with van der Waals surface area (Å²) in [5.41, 5.74) is -0.561. The van der Waals surface area contributed by atoms with Gasteiger partial charge < -0.3 is 5.11 Å². The Morgan fingerprint density at radius 3 is 2.47 bits per heavy atom. The number of carboxylic acid groups (broad SMARTS) is 1. The van der Waals surface area contributed by atoms with Gasteiger partial charge in [0.05, 0.1) is 5.92 Å². The normalized spacial score (nSPS) is 23.6. The van der Waals surface area contributed by atoms with Gasteiger partial charge >= 0.3 is 5.97 Å². The molecule has 1 unspecified atom stereocenters. The molecule has 6 nitrogen and oxygen atoms in total. The van der Waals surface area contributed by atoms with Gasteiger partial charge in [0, 0.05) is 18.6 Å². The van der Waals surface area contributed by atoms with Crippen molar-refractivity contribution in [3.8, 4) is 0 Å². The fourth-order valence-electron chi connectivity index (χ4n) is 1.81. The van der Waals surface area contributed by atoms with Crippen LogP contribution in [0.5, 0.6) is 0 Å². The molecule has 1 atom stereocenters. The van der Waals surface area contributed by atoms with Gasteiger partial charge in [-0.2, -0.15) is 17.4 Å². The van der Waals surface area contributed by atoms with E-state index in [1.54, 1.807) is 20.8 Å². The van der Waals surface area contributed by atoms with E-state index in [9.17, 15) is 13.2 Å². The molecular weight excluding hydrogens is 244 g/mol. The highest BCUT2D eigenvalue weighted by Gasteiger charge is 2.33. The minimum Gasteiger partial charge on any atom is -0.481 e. The van der Waals surface area contributed by atoms with Crippen molar-refractivity contribution in [2.24, 2.45) is 5.92 Å². The molecule has 0 spiro atoms. The van der Waals surface area contributed by atoms with Gasteiger partial charge in [0.15, 0.2) is 0 Å². The van der Waals surface area contributed by atoms with E-state index in [4.69, 9.17) is 5.11 Å². The van der Waals surface area contributed by atoms with Gasteiger partial charge in [0.1, 0.15) is 0 Å². The predicted octanol–water partition coefficient (Wildman–Crippen LogP) is 0.416. The lowest BCUT2D eigenvalue weighted by Gasteiger charge is -2.32. The number of hydrogen-bond acceptors (Lipinski definition) is 3. The van der Waals surface area contributed by atoms with Crippen LogP contribution in [0, 0.1) is 5.92 Å². The summed E-state index contributed by atoms with van der Waals surface area (Å²) >= 11 is 0. The maximum atomic E-state index is 12.0. The lowest BCUT2D eigenvalue weighted by Crippen LogP contribution is -2.52. The summed E-state index contributed by atoms with van der Waals surface area (Å²) in [5, 5.41) is 8.91. The van der Waals surface area contributed by atoms with Crippen LogP contribution in [0.15, 0.2) is 0 Å². The number of piperidine rings is 1. The van der Waals surface area contributed by atoms with E-state index < -0.39 is 27.6 Å². The maximum Gasteiger partial charge on any atom is 0.307 e. The molecule has 0 aromatic heterocycles. The van der Waals surface area contributed by atoms with Crippen molar-refractivity contribution in [3.05, 3.63) is 0 Å². The van der Waals surface area contributed by atoms with Crippen molar-refractivity contribution < 1.29 is 18.3 Å². The first-order valence-electron chi connectivity index (χ1n) is 5.64. The third kappa shape index (κ3) is 4.25. The maximum absolute atomic E-state index is 12.0. The molecule has 7 heteroatoms. The Labute approximate surface area is 102 Å². The van der Waals surface area contributed by atoms with E-state index in [1.165, 1.54) is 4.31 Å². The number of rotatable bonds is 3. The van der Waals surface area contributed by atoms with Gasteiger partial charge in [-0.05, 0) is 33.6 Å².